The molecule has 3 aromatic rings. The van der Waals surface area contributed by atoms with Gasteiger partial charge in [-0.25, -0.2) is 9.50 Å². The van der Waals surface area contributed by atoms with E-state index in [9.17, 15) is 4.79 Å². The Morgan fingerprint density at radius 1 is 1.35 bits per heavy atom. The molecule has 0 spiro atoms. The highest BCUT2D eigenvalue weighted by Crippen LogP contribution is 2.25. The minimum Gasteiger partial charge on any atom is -0.399 e. The Labute approximate surface area is 137 Å². The lowest BCUT2D eigenvalue weighted by Gasteiger charge is -2.06. The van der Waals surface area contributed by atoms with Gasteiger partial charge in [0.25, 0.3) is 0 Å². The zero-order valence-corrected chi connectivity index (χ0v) is 13.1. The summed E-state index contributed by atoms with van der Waals surface area (Å²) in [5.41, 5.74) is 9.11. The predicted octanol–water partition coefficient (Wildman–Crippen LogP) is 3.55. The second-order valence-electron chi connectivity index (χ2n) is 4.79. The van der Waals surface area contributed by atoms with Gasteiger partial charge in [-0.15, -0.1) is 0 Å². The second kappa shape index (κ2) is 6.10. The summed E-state index contributed by atoms with van der Waals surface area (Å²) in [6, 6.07) is 9.30. The van der Waals surface area contributed by atoms with Gasteiger partial charge in [-0.05, 0) is 23.6 Å². The van der Waals surface area contributed by atoms with Crippen molar-refractivity contribution in [3.8, 4) is 11.3 Å². The molecule has 0 aliphatic carbocycles. The fraction of sp³-hybridized carbons (Fsp3) is 0. The molecular weight excluding hydrogens is 308 g/mol. The number of hydrogen-bond donors (Lipinski definition) is 1. The minimum atomic E-state index is -0.206. The minimum absolute atomic E-state index is 0.206. The number of carbonyl (C=O) groups excluding carboxylic acids is 1. The number of nitrogen functional groups attached to an aromatic ring is 1. The zero-order chi connectivity index (χ0) is 16.4. The van der Waals surface area contributed by atoms with E-state index >= 15 is 0 Å². The molecule has 0 amide bonds. The lowest BCUT2D eigenvalue weighted by atomic mass is 10.1. The molecule has 114 valence electrons. The van der Waals surface area contributed by atoms with Crippen molar-refractivity contribution >= 4 is 28.9 Å². The summed E-state index contributed by atoms with van der Waals surface area (Å²) >= 11 is 1.19. The Balaban J connectivity index is 2.13. The first kappa shape index (κ1) is 15.1. The van der Waals surface area contributed by atoms with Gasteiger partial charge in [-0.1, -0.05) is 37.1 Å². The molecule has 0 fully saturated rings. The van der Waals surface area contributed by atoms with E-state index in [2.05, 4.69) is 23.2 Å². The third-order valence-corrected chi connectivity index (χ3v) is 3.94. The number of anilines is 1. The van der Waals surface area contributed by atoms with E-state index in [0.717, 1.165) is 11.3 Å². The Bertz CT molecular complexity index is 929. The molecule has 0 aliphatic rings. The van der Waals surface area contributed by atoms with Gasteiger partial charge in [0.05, 0.1) is 22.4 Å². The van der Waals surface area contributed by atoms with Crippen LogP contribution in [0.5, 0.6) is 0 Å². The number of fused-ring (bicyclic) bond motifs is 1. The summed E-state index contributed by atoms with van der Waals surface area (Å²) in [7, 11) is 0. The topological polar surface area (TPSA) is 73.3 Å². The van der Waals surface area contributed by atoms with Crippen LogP contribution in [-0.4, -0.2) is 20.4 Å². The molecule has 6 heteroatoms. The first-order chi connectivity index (χ1) is 11.1. The summed E-state index contributed by atoms with van der Waals surface area (Å²) in [6.45, 7) is 7.35. The van der Waals surface area contributed by atoms with E-state index in [1.54, 1.807) is 16.1 Å². The maximum atomic E-state index is 12.4. The van der Waals surface area contributed by atoms with Crippen molar-refractivity contribution < 1.29 is 4.79 Å². The Kier molecular flexibility index (Phi) is 3.99. The number of rotatable bonds is 5. The average Bonchev–Trinajstić information content (AvgIpc) is 2.98. The third kappa shape index (κ3) is 2.76. The van der Waals surface area contributed by atoms with Crippen LogP contribution in [0, 0.1) is 0 Å². The molecule has 2 heterocycles. The number of allylic oxidation sites excluding steroid dienone is 1. The predicted molar refractivity (Wildman–Crippen MR) is 94.1 cm³/mol. The summed E-state index contributed by atoms with van der Waals surface area (Å²) in [6.07, 6.45) is 3.16. The van der Waals surface area contributed by atoms with E-state index < -0.39 is 0 Å². The van der Waals surface area contributed by atoms with Crippen LogP contribution in [0.3, 0.4) is 0 Å². The SMILES string of the molecule is C=CSC(=C)C(=O)c1cnn2c(-c3cccc(N)c3)ccnc12. The molecule has 0 radical (unpaired) electrons. The number of nitrogens with zero attached hydrogens (tertiary/aromatic N) is 3. The second-order valence-corrected chi connectivity index (χ2v) is 5.85. The monoisotopic (exact) mass is 322 g/mol. The number of benzene rings is 1. The van der Waals surface area contributed by atoms with E-state index in [0.29, 0.717) is 21.8 Å². The lowest BCUT2D eigenvalue weighted by Crippen LogP contribution is -2.01. The van der Waals surface area contributed by atoms with E-state index in [1.807, 2.05) is 30.3 Å². The maximum Gasteiger partial charge on any atom is 0.204 e. The first-order valence-electron chi connectivity index (χ1n) is 6.81. The molecule has 1 aromatic carbocycles. The van der Waals surface area contributed by atoms with E-state index in [1.165, 1.54) is 18.0 Å². The van der Waals surface area contributed by atoms with Crippen LogP contribution >= 0.6 is 11.8 Å². The van der Waals surface area contributed by atoms with Crippen molar-refractivity contribution in [2.75, 3.05) is 5.73 Å². The summed E-state index contributed by atoms with van der Waals surface area (Å²) in [5.74, 6) is -0.206. The normalized spacial score (nSPS) is 10.6. The quantitative estimate of drug-likeness (QED) is 0.442. The summed E-state index contributed by atoms with van der Waals surface area (Å²) in [4.78, 5) is 17.1. The highest BCUT2D eigenvalue weighted by Gasteiger charge is 2.18. The van der Waals surface area contributed by atoms with Crippen LogP contribution in [0.1, 0.15) is 10.4 Å². The Morgan fingerprint density at radius 2 is 2.17 bits per heavy atom. The highest BCUT2D eigenvalue weighted by molar-refractivity contribution is 8.06. The summed E-state index contributed by atoms with van der Waals surface area (Å²) in [5, 5.41) is 5.87. The molecule has 2 N–H and O–H groups in total. The average molecular weight is 322 g/mol. The fourth-order valence-corrected chi connectivity index (χ4v) is 2.69. The van der Waals surface area contributed by atoms with Crippen LogP contribution in [0.25, 0.3) is 16.9 Å². The van der Waals surface area contributed by atoms with Gasteiger partial charge in [0, 0.05) is 17.4 Å². The van der Waals surface area contributed by atoms with Crippen LogP contribution in [-0.2, 0) is 0 Å². The van der Waals surface area contributed by atoms with Crippen molar-refractivity contribution in [3.05, 3.63) is 71.8 Å². The van der Waals surface area contributed by atoms with Crippen LogP contribution in [0.4, 0.5) is 5.69 Å². The first-order valence-corrected chi connectivity index (χ1v) is 7.69. The van der Waals surface area contributed by atoms with Crippen molar-refractivity contribution in [2.24, 2.45) is 0 Å². The Hall–Kier alpha value is -2.86. The van der Waals surface area contributed by atoms with Crippen LogP contribution < -0.4 is 5.73 Å². The number of Topliss-reactive ketones (excluding diaryl/α,β-unsaturated/α-hetero) is 1. The van der Waals surface area contributed by atoms with Gasteiger partial charge >= 0.3 is 0 Å². The lowest BCUT2D eigenvalue weighted by molar-refractivity contribution is 0.104. The molecule has 5 nitrogen and oxygen atoms in total. The van der Waals surface area contributed by atoms with Gasteiger partial charge in [0.15, 0.2) is 5.65 Å². The van der Waals surface area contributed by atoms with Crippen molar-refractivity contribution in [1.29, 1.82) is 0 Å². The van der Waals surface area contributed by atoms with Crippen molar-refractivity contribution in [2.45, 2.75) is 0 Å². The molecule has 0 saturated carbocycles. The van der Waals surface area contributed by atoms with E-state index in [4.69, 9.17) is 5.73 Å². The molecule has 23 heavy (non-hydrogen) atoms. The largest absolute Gasteiger partial charge is 0.399 e. The number of carbonyl (C=O) groups is 1. The maximum absolute atomic E-state index is 12.4. The van der Waals surface area contributed by atoms with Gasteiger partial charge in [0.2, 0.25) is 5.78 Å². The number of aromatic nitrogens is 3. The van der Waals surface area contributed by atoms with Crippen molar-refractivity contribution in [1.82, 2.24) is 14.6 Å². The van der Waals surface area contributed by atoms with Gasteiger partial charge in [-0.3, -0.25) is 4.79 Å². The number of ketones is 1. The molecule has 0 bridgehead atoms. The standard InChI is InChI=1S/C17H14N4OS/c1-3-23-11(2)16(22)14-10-20-21-15(7-8-19-17(14)21)12-5-4-6-13(18)9-12/h3-10H,1-2,18H2. The van der Waals surface area contributed by atoms with E-state index in [-0.39, 0.29) is 5.78 Å². The molecule has 2 aromatic heterocycles. The Morgan fingerprint density at radius 3 is 2.91 bits per heavy atom. The molecular formula is C17H14N4OS. The molecule has 0 saturated heterocycles. The zero-order valence-electron chi connectivity index (χ0n) is 12.3. The number of nitrogens with two attached hydrogens (primary N) is 1. The highest BCUT2D eigenvalue weighted by atomic mass is 32.2. The molecule has 0 unspecified atom stereocenters. The molecule has 0 aliphatic heterocycles. The van der Waals surface area contributed by atoms with Gasteiger partial charge in [0.1, 0.15) is 0 Å². The van der Waals surface area contributed by atoms with Gasteiger partial charge < -0.3 is 5.73 Å². The fourth-order valence-electron chi connectivity index (χ4n) is 2.27. The summed E-state index contributed by atoms with van der Waals surface area (Å²) < 4.78 is 1.63. The molecule has 3 rings (SSSR count). The third-order valence-electron chi connectivity index (χ3n) is 3.31. The van der Waals surface area contributed by atoms with Crippen LogP contribution in [0.15, 0.2) is 66.2 Å². The molecule has 0 atom stereocenters. The van der Waals surface area contributed by atoms with Crippen molar-refractivity contribution in [3.63, 3.8) is 0 Å². The van der Waals surface area contributed by atoms with Gasteiger partial charge in [-0.2, -0.15) is 5.10 Å². The smallest absolute Gasteiger partial charge is 0.204 e. The number of thioether (sulfide) groups is 1. The van der Waals surface area contributed by atoms with Crippen LogP contribution in [0.2, 0.25) is 0 Å². The number of hydrogen-bond acceptors (Lipinski definition) is 5.